The molecule has 1 heterocycles. The van der Waals surface area contributed by atoms with E-state index in [9.17, 15) is 0 Å². The largest absolute Gasteiger partial charge is 0.208 e. The SMILES string of the molecule is c1ccc(-c2nc(-c3ccccc3)nc(-c3ccc(-c4ccc(-c5cccc6c5-c5ccccc5C65CCCCC5)c5ccccc45)cc3)n2)cc1. The average molecular weight is 668 g/mol. The maximum Gasteiger partial charge on any atom is 0.164 e. The molecule has 0 unspecified atom stereocenters. The lowest BCUT2D eigenvalue weighted by Crippen LogP contribution is -2.27. The predicted molar refractivity (Wildman–Crippen MR) is 214 cm³/mol. The second-order valence-electron chi connectivity index (χ2n) is 14.2. The van der Waals surface area contributed by atoms with Crippen molar-refractivity contribution in [2.75, 3.05) is 0 Å². The Morgan fingerprint density at radius 2 is 0.808 bits per heavy atom. The highest BCUT2D eigenvalue weighted by atomic mass is 15.0. The lowest BCUT2D eigenvalue weighted by molar-refractivity contribution is 0.353. The third-order valence-electron chi connectivity index (χ3n) is 11.4. The van der Waals surface area contributed by atoms with E-state index in [1.807, 2.05) is 60.7 Å². The lowest BCUT2D eigenvalue weighted by Gasteiger charge is -2.36. The second-order valence-corrected chi connectivity index (χ2v) is 14.2. The van der Waals surface area contributed by atoms with E-state index >= 15 is 0 Å². The van der Waals surface area contributed by atoms with Crippen molar-refractivity contribution in [2.45, 2.75) is 37.5 Å². The zero-order valence-electron chi connectivity index (χ0n) is 29.0. The van der Waals surface area contributed by atoms with Crippen LogP contribution < -0.4 is 0 Å². The minimum Gasteiger partial charge on any atom is -0.208 e. The molecule has 0 aliphatic heterocycles. The molecule has 3 heteroatoms. The third-order valence-corrected chi connectivity index (χ3v) is 11.4. The summed E-state index contributed by atoms with van der Waals surface area (Å²) in [7, 11) is 0. The summed E-state index contributed by atoms with van der Waals surface area (Å²) in [6.45, 7) is 0. The standard InChI is InChI=1S/C49H37N3/c1-4-15-34(16-5-1)46-50-47(35-17-6-2-7-18-35)52-48(51-46)36-27-25-33(26-28-36)37-29-30-40(39-20-9-8-19-38(37)39)41-22-14-24-44-45(41)42-21-10-11-23-43(42)49(44)31-12-3-13-32-49/h1-2,4-11,14-30H,3,12-13,31-32H2. The van der Waals surface area contributed by atoms with Crippen LogP contribution in [0, 0.1) is 0 Å². The first kappa shape index (κ1) is 30.6. The van der Waals surface area contributed by atoms with E-state index in [1.165, 1.54) is 81.8 Å². The van der Waals surface area contributed by atoms with Gasteiger partial charge in [-0.25, -0.2) is 15.0 Å². The first-order valence-electron chi connectivity index (χ1n) is 18.5. The van der Waals surface area contributed by atoms with Crippen molar-refractivity contribution >= 4 is 10.8 Å². The van der Waals surface area contributed by atoms with Crippen molar-refractivity contribution in [1.29, 1.82) is 0 Å². The van der Waals surface area contributed by atoms with Crippen LogP contribution in [0.3, 0.4) is 0 Å². The minimum atomic E-state index is 0.139. The molecule has 2 aliphatic carbocycles. The Bertz CT molecular complexity index is 2530. The second kappa shape index (κ2) is 12.5. The van der Waals surface area contributed by atoms with Gasteiger partial charge in [-0.1, -0.05) is 183 Å². The topological polar surface area (TPSA) is 38.7 Å². The molecule has 2 aliphatic rings. The lowest BCUT2D eigenvalue weighted by atomic mass is 9.67. The molecule has 1 fully saturated rings. The highest BCUT2D eigenvalue weighted by Crippen LogP contribution is 2.58. The van der Waals surface area contributed by atoms with Gasteiger partial charge in [0.1, 0.15) is 0 Å². The van der Waals surface area contributed by atoms with Gasteiger partial charge in [0.05, 0.1) is 0 Å². The summed E-state index contributed by atoms with van der Waals surface area (Å²) in [5.74, 6) is 1.99. The van der Waals surface area contributed by atoms with Crippen molar-refractivity contribution in [3.63, 3.8) is 0 Å². The summed E-state index contributed by atoms with van der Waals surface area (Å²) < 4.78 is 0. The molecule has 0 N–H and O–H groups in total. The predicted octanol–water partition coefficient (Wildman–Crippen LogP) is 12.6. The Balaban J connectivity index is 1.07. The Morgan fingerprint density at radius 1 is 0.327 bits per heavy atom. The molecule has 0 amide bonds. The van der Waals surface area contributed by atoms with Gasteiger partial charge in [0.15, 0.2) is 17.5 Å². The molecular weight excluding hydrogens is 631 g/mol. The van der Waals surface area contributed by atoms with Gasteiger partial charge in [0, 0.05) is 22.1 Å². The molecular formula is C49H37N3. The highest BCUT2D eigenvalue weighted by Gasteiger charge is 2.44. The van der Waals surface area contributed by atoms with Gasteiger partial charge < -0.3 is 0 Å². The van der Waals surface area contributed by atoms with Crippen molar-refractivity contribution < 1.29 is 0 Å². The highest BCUT2D eigenvalue weighted by molar-refractivity contribution is 6.08. The van der Waals surface area contributed by atoms with Crippen LogP contribution in [0.4, 0.5) is 0 Å². The molecule has 0 radical (unpaired) electrons. The van der Waals surface area contributed by atoms with Gasteiger partial charge in [-0.05, 0) is 68.1 Å². The van der Waals surface area contributed by atoms with Crippen LogP contribution in [0.1, 0.15) is 43.2 Å². The Kier molecular flexibility index (Phi) is 7.38. The molecule has 8 aromatic rings. The normalized spacial score (nSPS) is 14.3. The van der Waals surface area contributed by atoms with Crippen LogP contribution in [0.25, 0.3) is 78.3 Å². The molecule has 0 saturated heterocycles. The van der Waals surface area contributed by atoms with Crippen LogP contribution >= 0.6 is 0 Å². The zero-order valence-corrected chi connectivity index (χ0v) is 29.0. The van der Waals surface area contributed by atoms with Crippen LogP contribution in [-0.4, -0.2) is 15.0 Å². The minimum absolute atomic E-state index is 0.139. The fourth-order valence-corrected chi connectivity index (χ4v) is 8.95. The number of fused-ring (bicyclic) bond motifs is 6. The molecule has 52 heavy (non-hydrogen) atoms. The number of hydrogen-bond donors (Lipinski definition) is 0. The van der Waals surface area contributed by atoms with Crippen molar-refractivity contribution in [3.8, 4) is 67.5 Å². The maximum atomic E-state index is 4.95. The molecule has 10 rings (SSSR count). The number of rotatable bonds is 5. The van der Waals surface area contributed by atoms with Gasteiger partial charge in [-0.2, -0.15) is 0 Å². The summed E-state index contributed by atoms with van der Waals surface area (Å²) >= 11 is 0. The van der Waals surface area contributed by atoms with Crippen molar-refractivity contribution in [2.24, 2.45) is 0 Å². The van der Waals surface area contributed by atoms with Gasteiger partial charge in [0.25, 0.3) is 0 Å². The van der Waals surface area contributed by atoms with Crippen LogP contribution in [0.5, 0.6) is 0 Å². The summed E-state index contributed by atoms with van der Waals surface area (Å²) in [4.78, 5) is 14.8. The fraction of sp³-hybridized carbons (Fsp3) is 0.122. The summed E-state index contributed by atoms with van der Waals surface area (Å²) in [6, 6.07) is 58.8. The van der Waals surface area contributed by atoms with Crippen molar-refractivity contribution in [1.82, 2.24) is 15.0 Å². The van der Waals surface area contributed by atoms with E-state index in [0.717, 1.165) is 22.3 Å². The summed E-state index contributed by atoms with van der Waals surface area (Å²) in [5.41, 5.74) is 13.9. The molecule has 248 valence electrons. The molecule has 3 nitrogen and oxygen atoms in total. The molecule has 1 spiro atoms. The van der Waals surface area contributed by atoms with Crippen LogP contribution in [-0.2, 0) is 5.41 Å². The number of aromatic nitrogens is 3. The van der Waals surface area contributed by atoms with E-state index in [1.54, 1.807) is 0 Å². The van der Waals surface area contributed by atoms with Gasteiger partial charge in [0.2, 0.25) is 0 Å². The van der Waals surface area contributed by atoms with Gasteiger partial charge in [-0.3, -0.25) is 0 Å². The third kappa shape index (κ3) is 4.99. The van der Waals surface area contributed by atoms with Gasteiger partial charge >= 0.3 is 0 Å². The van der Waals surface area contributed by atoms with E-state index in [0.29, 0.717) is 17.5 Å². The Morgan fingerprint density at radius 3 is 1.46 bits per heavy atom. The van der Waals surface area contributed by atoms with E-state index in [2.05, 4.69) is 103 Å². The van der Waals surface area contributed by atoms with E-state index in [4.69, 9.17) is 15.0 Å². The molecule has 0 bridgehead atoms. The molecule has 7 aromatic carbocycles. The zero-order chi connectivity index (χ0) is 34.5. The number of benzene rings is 7. The number of hydrogen-bond acceptors (Lipinski definition) is 3. The first-order chi connectivity index (χ1) is 25.8. The monoisotopic (exact) mass is 667 g/mol. The van der Waals surface area contributed by atoms with E-state index in [-0.39, 0.29) is 5.41 Å². The fourth-order valence-electron chi connectivity index (χ4n) is 8.95. The quantitative estimate of drug-likeness (QED) is 0.183. The summed E-state index contributed by atoms with van der Waals surface area (Å²) in [5, 5.41) is 2.53. The van der Waals surface area contributed by atoms with E-state index < -0.39 is 0 Å². The van der Waals surface area contributed by atoms with Crippen LogP contribution in [0.15, 0.2) is 164 Å². The Labute approximate surface area is 304 Å². The summed E-state index contributed by atoms with van der Waals surface area (Å²) in [6.07, 6.45) is 6.41. The molecule has 1 saturated carbocycles. The molecule has 0 atom stereocenters. The smallest absolute Gasteiger partial charge is 0.164 e. The molecule has 1 aromatic heterocycles. The van der Waals surface area contributed by atoms with Crippen molar-refractivity contribution in [3.05, 3.63) is 175 Å². The Hall–Kier alpha value is -6.19. The first-order valence-corrected chi connectivity index (χ1v) is 18.5. The van der Waals surface area contributed by atoms with Crippen LogP contribution in [0.2, 0.25) is 0 Å². The van der Waals surface area contributed by atoms with Gasteiger partial charge in [-0.15, -0.1) is 0 Å². The number of nitrogens with zero attached hydrogens (tertiary/aromatic N) is 3. The maximum absolute atomic E-state index is 4.95. The average Bonchev–Trinajstić information content (AvgIpc) is 3.50.